The van der Waals surface area contributed by atoms with Gasteiger partial charge in [0.05, 0.1) is 23.7 Å². The number of aliphatic carboxylic acids is 1. The van der Waals surface area contributed by atoms with Gasteiger partial charge in [0.2, 0.25) is 5.91 Å². The Bertz CT molecular complexity index is 718. The van der Waals surface area contributed by atoms with Gasteiger partial charge in [-0.1, -0.05) is 12.1 Å². The molecule has 1 amide bonds. The molecule has 25 heavy (non-hydrogen) atoms. The lowest BCUT2D eigenvalue weighted by atomic mass is 10.1. The van der Waals surface area contributed by atoms with Crippen molar-refractivity contribution in [1.29, 1.82) is 0 Å². The first kappa shape index (κ1) is 19.0. The third kappa shape index (κ3) is 6.24. The number of methoxy groups -OCH3 is 1. The minimum atomic E-state index is -1.07. The Balaban J connectivity index is 1.97. The minimum absolute atomic E-state index is 0.0386. The molecule has 0 unspecified atom stereocenters. The van der Waals surface area contributed by atoms with Gasteiger partial charge in [-0.25, -0.2) is 9.37 Å². The Hall–Kier alpha value is -2.32. The van der Waals surface area contributed by atoms with Gasteiger partial charge in [-0.2, -0.15) is 0 Å². The summed E-state index contributed by atoms with van der Waals surface area (Å²) in [5.74, 6) is -1.67. The molecule has 0 aliphatic heterocycles. The van der Waals surface area contributed by atoms with E-state index in [-0.39, 0.29) is 37.8 Å². The van der Waals surface area contributed by atoms with Crippen LogP contribution >= 0.6 is 11.3 Å². The molecule has 6 nitrogen and oxygen atoms in total. The lowest BCUT2D eigenvalue weighted by Crippen LogP contribution is -2.38. The molecule has 0 radical (unpaired) electrons. The van der Waals surface area contributed by atoms with Crippen molar-refractivity contribution in [1.82, 2.24) is 9.88 Å². The van der Waals surface area contributed by atoms with Gasteiger partial charge >= 0.3 is 5.97 Å². The molecular weight excluding hydrogens is 347 g/mol. The van der Waals surface area contributed by atoms with Crippen LogP contribution in [0.15, 0.2) is 29.6 Å². The molecule has 1 heterocycles. The second-order valence-corrected chi connectivity index (χ2v) is 6.36. The van der Waals surface area contributed by atoms with Crippen LogP contribution < -0.4 is 0 Å². The van der Waals surface area contributed by atoms with Crippen molar-refractivity contribution in [2.24, 2.45) is 0 Å². The van der Waals surface area contributed by atoms with Crippen LogP contribution in [0, 0.1) is 5.82 Å². The van der Waals surface area contributed by atoms with E-state index in [9.17, 15) is 14.0 Å². The van der Waals surface area contributed by atoms with Crippen molar-refractivity contribution >= 4 is 23.2 Å². The van der Waals surface area contributed by atoms with E-state index in [0.29, 0.717) is 12.1 Å². The Morgan fingerprint density at radius 2 is 2.04 bits per heavy atom. The molecule has 0 saturated carbocycles. The number of carbonyl (C=O) groups is 2. The summed E-state index contributed by atoms with van der Waals surface area (Å²) in [7, 11) is 1.49. The van der Waals surface area contributed by atoms with Gasteiger partial charge in [0.1, 0.15) is 12.4 Å². The zero-order valence-corrected chi connectivity index (χ0v) is 14.6. The zero-order valence-electron chi connectivity index (χ0n) is 13.8. The smallest absolute Gasteiger partial charge is 0.323 e. The number of carbonyl (C=O) groups excluding carboxylic acids is 1. The SMILES string of the molecule is COCCN(CC(=O)O)C(=O)Cc1csc(Cc2ccc(F)cc2)n1. The van der Waals surface area contributed by atoms with Crippen LogP contribution in [-0.2, 0) is 27.2 Å². The maximum absolute atomic E-state index is 12.9. The summed E-state index contributed by atoms with van der Waals surface area (Å²) >= 11 is 1.42. The number of hydrogen-bond acceptors (Lipinski definition) is 5. The zero-order chi connectivity index (χ0) is 18.2. The van der Waals surface area contributed by atoms with Gasteiger partial charge in [-0.05, 0) is 17.7 Å². The Kier molecular flexibility index (Phi) is 7.03. The number of nitrogens with zero attached hydrogens (tertiary/aromatic N) is 2. The monoisotopic (exact) mass is 366 g/mol. The predicted octanol–water partition coefficient (Wildman–Crippen LogP) is 1.98. The topological polar surface area (TPSA) is 79.7 Å². The molecule has 2 aromatic rings. The van der Waals surface area contributed by atoms with Crippen molar-refractivity contribution in [2.45, 2.75) is 12.8 Å². The molecule has 8 heteroatoms. The van der Waals surface area contributed by atoms with Crippen molar-refractivity contribution in [3.8, 4) is 0 Å². The molecule has 0 aliphatic rings. The van der Waals surface area contributed by atoms with E-state index in [2.05, 4.69) is 4.98 Å². The van der Waals surface area contributed by atoms with Crippen LogP contribution in [0.4, 0.5) is 4.39 Å². The van der Waals surface area contributed by atoms with E-state index in [1.54, 1.807) is 17.5 Å². The van der Waals surface area contributed by atoms with Crippen LogP contribution in [0.25, 0.3) is 0 Å². The highest BCUT2D eigenvalue weighted by Gasteiger charge is 2.18. The van der Waals surface area contributed by atoms with E-state index >= 15 is 0 Å². The van der Waals surface area contributed by atoms with Gasteiger partial charge < -0.3 is 14.7 Å². The first-order valence-electron chi connectivity index (χ1n) is 7.64. The summed E-state index contributed by atoms with van der Waals surface area (Å²) in [5, 5.41) is 11.5. The average Bonchev–Trinajstić information content (AvgIpc) is 3.00. The number of ether oxygens (including phenoxy) is 1. The Morgan fingerprint density at radius 1 is 1.32 bits per heavy atom. The van der Waals surface area contributed by atoms with Gasteiger partial charge in [0, 0.05) is 25.5 Å². The molecule has 0 aliphatic carbocycles. The van der Waals surface area contributed by atoms with E-state index < -0.39 is 5.97 Å². The largest absolute Gasteiger partial charge is 0.480 e. The highest BCUT2D eigenvalue weighted by molar-refractivity contribution is 7.09. The molecule has 0 atom stereocenters. The van der Waals surface area contributed by atoms with Gasteiger partial charge in [0.15, 0.2) is 0 Å². The number of aromatic nitrogens is 1. The standard InChI is InChI=1S/C17H19FN2O4S/c1-24-7-6-20(10-17(22)23)16(21)9-14-11-25-15(19-14)8-12-2-4-13(18)5-3-12/h2-5,11H,6-10H2,1H3,(H,22,23). The quantitative estimate of drug-likeness (QED) is 0.734. The Morgan fingerprint density at radius 3 is 2.68 bits per heavy atom. The average molecular weight is 366 g/mol. The maximum Gasteiger partial charge on any atom is 0.323 e. The van der Waals surface area contributed by atoms with Crippen molar-refractivity contribution in [2.75, 3.05) is 26.8 Å². The number of benzene rings is 1. The number of amides is 1. The molecule has 1 aromatic heterocycles. The molecule has 0 bridgehead atoms. The highest BCUT2D eigenvalue weighted by atomic mass is 32.1. The fourth-order valence-electron chi connectivity index (χ4n) is 2.21. The summed E-state index contributed by atoms with van der Waals surface area (Å²) in [4.78, 5) is 28.8. The van der Waals surface area contributed by atoms with Gasteiger partial charge in [-0.15, -0.1) is 11.3 Å². The first-order chi connectivity index (χ1) is 12.0. The summed E-state index contributed by atoms with van der Waals surface area (Å²) < 4.78 is 17.8. The van der Waals surface area contributed by atoms with E-state index in [1.165, 1.54) is 35.5 Å². The number of thiazole rings is 1. The van der Waals surface area contributed by atoms with E-state index in [1.807, 2.05) is 0 Å². The van der Waals surface area contributed by atoms with Crippen LogP contribution in [0.2, 0.25) is 0 Å². The van der Waals surface area contributed by atoms with Gasteiger partial charge in [0.25, 0.3) is 0 Å². The normalized spacial score (nSPS) is 10.6. The Labute approximate surface area is 148 Å². The molecule has 1 N–H and O–H groups in total. The predicted molar refractivity (Wildman–Crippen MR) is 91.1 cm³/mol. The van der Waals surface area contributed by atoms with Crippen LogP contribution in [0.5, 0.6) is 0 Å². The molecule has 134 valence electrons. The number of carboxylic acids is 1. The summed E-state index contributed by atoms with van der Waals surface area (Å²) in [6, 6.07) is 6.18. The second-order valence-electron chi connectivity index (χ2n) is 5.41. The fourth-order valence-corrected chi connectivity index (χ4v) is 3.04. The molecule has 1 aromatic carbocycles. The third-order valence-corrected chi connectivity index (χ3v) is 4.34. The summed E-state index contributed by atoms with van der Waals surface area (Å²) in [6.45, 7) is 0.120. The van der Waals surface area contributed by atoms with Crippen LogP contribution in [0.3, 0.4) is 0 Å². The minimum Gasteiger partial charge on any atom is -0.480 e. The van der Waals surface area contributed by atoms with Crippen molar-refractivity contribution in [3.05, 3.63) is 51.7 Å². The first-order valence-corrected chi connectivity index (χ1v) is 8.52. The third-order valence-electron chi connectivity index (χ3n) is 3.44. The maximum atomic E-state index is 12.9. The molecular formula is C17H19FN2O4S. The van der Waals surface area contributed by atoms with Crippen molar-refractivity contribution < 1.29 is 23.8 Å². The van der Waals surface area contributed by atoms with Crippen LogP contribution in [-0.4, -0.2) is 53.7 Å². The molecule has 2 rings (SSSR count). The molecule has 0 fully saturated rings. The fraction of sp³-hybridized carbons (Fsp3) is 0.353. The number of carboxylic acid groups (broad SMARTS) is 1. The van der Waals surface area contributed by atoms with E-state index in [0.717, 1.165) is 10.6 Å². The second kappa shape index (κ2) is 9.24. The van der Waals surface area contributed by atoms with E-state index in [4.69, 9.17) is 9.84 Å². The summed E-state index contributed by atoms with van der Waals surface area (Å²) in [5.41, 5.74) is 1.53. The highest BCUT2D eigenvalue weighted by Crippen LogP contribution is 2.16. The number of rotatable bonds is 9. The number of halogens is 1. The number of hydrogen-bond donors (Lipinski definition) is 1. The van der Waals surface area contributed by atoms with Crippen molar-refractivity contribution in [3.63, 3.8) is 0 Å². The molecule has 0 spiro atoms. The lowest BCUT2D eigenvalue weighted by molar-refractivity contribution is -0.144. The molecule has 0 saturated heterocycles. The van der Waals surface area contributed by atoms with Gasteiger partial charge in [-0.3, -0.25) is 9.59 Å². The lowest BCUT2D eigenvalue weighted by Gasteiger charge is -2.19. The summed E-state index contributed by atoms with van der Waals surface area (Å²) in [6.07, 6.45) is 0.596. The van der Waals surface area contributed by atoms with Crippen LogP contribution in [0.1, 0.15) is 16.3 Å².